The lowest BCUT2D eigenvalue weighted by Gasteiger charge is -2.15. The number of anilines is 1. The Morgan fingerprint density at radius 1 is 1.08 bits per heavy atom. The van der Waals surface area contributed by atoms with Gasteiger partial charge in [0.1, 0.15) is 11.6 Å². The third kappa shape index (κ3) is 3.55. The van der Waals surface area contributed by atoms with E-state index in [2.05, 4.69) is 31.2 Å². The second-order valence-electron chi connectivity index (χ2n) is 6.96. The van der Waals surface area contributed by atoms with Gasteiger partial charge in [-0.3, -0.25) is 0 Å². The van der Waals surface area contributed by atoms with E-state index in [0.29, 0.717) is 0 Å². The summed E-state index contributed by atoms with van der Waals surface area (Å²) in [5.74, 6) is 0.730. The average Bonchev–Trinajstić information content (AvgIpc) is 2.91. The zero-order valence-corrected chi connectivity index (χ0v) is 16.1. The van der Waals surface area contributed by atoms with Crippen LogP contribution in [0, 0.1) is 26.6 Å². The highest BCUT2D eigenvalue weighted by molar-refractivity contribution is 5.81. The van der Waals surface area contributed by atoms with Gasteiger partial charge in [-0.25, -0.2) is 9.37 Å². The van der Waals surface area contributed by atoms with E-state index in [1.54, 1.807) is 12.1 Å². The number of fused-ring (bicyclic) bond motifs is 1. The lowest BCUT2D eigenvalue weighted by molar-refractivity contribution is 0.405. The Labute approximate surface area is 153 Å². The van der Waals surface area contributed by atoms with Crippen LogP contribution in [0.4, 0.5) is 10.2 Å². The Bertz CT molecular complexity index is 912. The molecule has 2 heterocycles. The normalized spacial score (nSPS) is 11.5. The van der Waals surface area contributed by atoms with Crippen molar-refractivity contribution < 1.29 is 4.39 Å². The maximum atomic E-state index is 13.3. The van der Waals surface area contributed by atoms with Crippen LogP contribution in [0.3, 0.4) is 0 Å². The fraction of sp³-hybridized carbons (Fsp3) is 0.400. The minimum absolute atomic E-state index is 0.244. The molecule has 1 N–H and O–H groups in total. The van der Waals surface area contributed by atoms with Crippen molar-refractivity contribution in [3.8, 4) is 11.1 Å². The number of aryl methyl sites for hydroxylation is 2. The Morgan fingerprint density at radius 2 is 1.77 bits per heavy atom. The maximum Gasteiger partial charge on any atom is 0.165 e. The average molecular weight is 355 g/mol. The molecule has 3 aromatic rings. The molecule has 0 aliphatic heterocycles. The molecular formula is C20H26FN5. The van der Waals surface area contributed by atoms with Crippen molar-refractivity contribution in [1.82, 2.24) is 19.5 Å². The van der Waals surface area contributed by atoms with Crippen molar-refractivity contribution in [1.29, 1.82) is 0 Å². The van der Waals surface area contributed by atoms with Crippen molar-refractivity contribution in [3.63, 3.8) is 0 Å². The van der Waals surface area contributed by atoms with E-state index in [9.17, 15) is 4.39 Å². The van der Waals surface area contributed by atoms with Crippen LogP contribution >= 0.6 is 0 Å². The summed E-state index contributed by atoms with van der Waals surface area (Å²) in [4.78, 5) is 6.94. The maximum absolute atomic E-state index is 13.3. The third-order valence-electron chi connectivity index (χ3n) is 4.63. The molecule has 26 heavy (non-hydrogen) atoms. The molecule has 6 heteroatoms. The monoisotopic (exact) mass is 355 g/mol. The van der Waals surface area contributed by atoms with Crippen LogP contribution in [0.25, 0.3) is 16.8 Å². The summed E-state index contributed by atoms with van der Waals surface area (Å²) in [6.45, 7) is 7.93. The number of benzene rings is 1. The number of rotatable bonds is 6. The summed E-state index contributed by atoms with van der Waals surface area (Å²) in [6.07, 6.45) is 1.04. The molecule has 0 atom stereocenters. The van der Waals surface area contributed by atoms with Crippen LogP contribution in [0.5, 0.6) is 0 Å². The Morgan fingerprint density at radius 3 is 2.42 bits per heavy atom. The number of halogens is 1. The standard InChI is InChI=1S/C20H26FN5/c1-13-14(2)23-20-18(16-7-9-17(21)10-8-16)15(3)24-26(20)19(13)22-11-6-12-25(4)5/h7-10,22H,6,11-12H2,1-5H3. The molecule has 0 saturated heterocycles. The first-order chi connectivity index (χ1) is 12.4. The predicted molar refractivity (Wildman–Crippen MR) is 104 cm³/mol. The van der Waals surface area contributed by atoms with Gasteiger partial charge in [-0.15, -0.1) is 0 Å². The van der Waals surface area contributed by atoms with E-state index in [-0.39, 0.29) is 5.82 Å². The SMILES string of the molecule is Cc1nc2c(-c3ccc(F)cc3)c(C)nn2c(NCCCN(C)C)c1C. The van der Waals surface area contributed by atoms with Gasteiger partial charge < -0.3 is 10.2 Å². The van der Waals surface area contributed by atoms with E-state index < -0.39 is 0 Å². The molecule has 138 valence electrons. The van der Waals surface area contributed by atoms with Crippen LogP contribution in [-0.4, -0.2) is 46.7 Å². The van der Waals surface area contributed by atoms with Crippen molar-refractivity contribution in [2.75, 3.05) is 32.5 Å². The van der Waals surface area contributed by atoms with Crippen molar-refractivity contribution >= 4 is 11.5 Å². The molecule has 0 saturated carbocycles. The zero-order chi connectivity index (χ0) is 18.8. The number of aromatic nitrogens is 3. The van der Waals surface area contributed by atoms with Crippen LogP contribution < -0.4 is 5.32 Å². The topological polar surface area (TPSA) is 45.5 Å². The molecule has 0 amide bonds. The molecule has 2 aromatic heterocycles. The first-order valence-electron chi connectivity index (χ1n) is 8.89. The molecule has 1 aromatic carbocycles. The fourth-order valence-electron chi connectivity index (χ4n) is 3.11. The minimum atomic E-state index is -0.244. The van der Waals surface area contributed by atoms with E-state index in [0.717, 1.165) is 59.1 Å². The summed E-state index contributed by atoms with van der Waals surface area (Å²) in [6, 6.07) is 6.50. The van der Waals surface area contributed by atoms with E-state index in [4.69, 9.17) is 10.1 Å². The van der Waals surface area contributed by atoms with Gasteiger partial charge in [-0.1, -0.05) is 12.1 Å². The zero-order valence-electron chi connectivity index (χ0n) is 16.1. The van der Waals surface area contributed by atoms with E-state index in [1.165, 1.54) is 12.1 Å². The van der Waals surface area contributed by atoms with Crippen molar-refractivity contribution in [2.45, 2.75) is 27.2 Å². The highest BCUT2D eigenvalue weighted by Crippen LogP contribution is 2.30. The Kier molecular flexibility index (Phi) is 5.23. The van der Waals surface area contributed by atoms with E-state index in [1.807, 2.05) is 18.4 Å². The van der Waals surface area contributed by atoms with E-state index >= 15 is 0 Å². The number of hydrogen-bond acceptors (Lipinski definition) is 4. The summed E-state index contributed by atoms with van der Waals surface area (Å²) >= 11 is 0. The van der Waals surface area contributed by atoms with Gasteiger partial charge in [0.25, 0.3) is 0 Å². The molecule has 5 nitrogen and oxygen atoms in total. The van der Waals surface area contributed by atoms with Crippen LogP contribution in [-0.2, 0) is 0 Å². The molecular weight excluding hydrogens is 329 g/mol. The predicted octanol–water partition coefficient (Wildman–Crippen LogP) is 3.82. The third-order valence-corrected chi connectivity index (χ3v) is 4.63. The van der Waals surface area contributed by atoms with Gasteiger partial charge in [0.15, 0.2) is 5.65 Å². The summed E-state index contributed by atoms with van der Waals surface area (Å²) in [5, 5.41) is 8.24. The largest absolute Gasteiger partial charge is 0.370 e. The fourth-order valence-corrected chi connectivity index (χ4v) is 3.11. The molecule has 0 spiro atoms. The molecule has 0 aliphatic rings. The van der Waals surface area contributed by atoms with Crippen molar-refractivity contribution in [3.05, 3.63) is 47.0 Å². The quantitative estimate of drug-likeness (QED) is 0.683. The van der Waals surface area contributed by atoms with Crippen LogP contribution in [0.2, 0.25) is 0 Å². The van der Waals surface area contributed by atoms with Gasteiger partial charge in [-0.2, -0.15) is 9.61 Å². The lowest BCUT2D eigenvalue weighted by Crippen LogP contribution is -2.18. The minimum Gasteiger partial charge on any atom is -0.370 e. The number of nitrogens with zero attached hydrogens (tertiary/aromatic N) is 4. The van der Waals surface area contributed by atoms with Gasteiger partial charge in [-0.05, 0) is 65.5 Å². The highest BCUT2D eigenvalue weighted by atomic mass is 19.1. The van der Waals surface area contributed by atoms with Crippen LogP contribution in [0.15, 0.2) is 24.3 Å². The van der Waals surface area contributed by atoms with Crippen LogP contribution in [0.1, 0.15) is 23.4 Å². The summed E-state index contributed by atoms with van der Waals surface area (Å²) < 4.78 is 15.2. The molecule has 0 radical (unpaired) electrons. The van der Waals surface area contributed by atoms with Crippen molar-refractivity contribution in [2.24, 2.45) is 0 Å². The smallest absolute Gasteiger partial charge is 0.165 e. The molecule has 0 unspecified atom stereocenters. The Balaban J connectivity index is 2.04. The number of nitrogens with one attached hydrogen (secondary N) is 1. The van der Waals surface area contributed by atoms with Gasteiger partial charge in [0.05, 0.1) is 5.69 Å². The number of hydrogen-bond donors (Lipinski definition) is 1. The summed E-state index contributed by atoms with van der Waals surface area (Å²) in [5.41, 5.74) is 5.61. The summed E-state index contributed by atoms with van der Waals surface area (Å²) in [7, 11) is 4.15. The lowest BCUT2D eigenvalue weighted by atomic mass is 10.1. The first-order valence-corrected chi connectivity index (χ1v) is 8.89. The van der Waals surface area contributed by atoms with Gasteiger partial charge in [0.2, 0.25) is 0 Å². The van der Waals surface area contributed by atoms with Gasteiger partial charge >= 0.3 is 0 Å². The van der Waals surface area contributed by atoms with Gasteiger partial charge in [0, 0.05) is 23.4 Å². The first kappa shape index (κ1) is 18.3. The molecule has 0 bridgehead atoms. The Hall–Kier alpha value is -2.47. The second-order valence-corrected chi connectivity index (χ2v) is 6.96. The molecule has 3 rings (SSSR count). The highest BCUT2D eigenvalue weighted by Gasteiger charge is 2.18. The second kappa shape index (κ2) is 7.41. The molecule has 0 fully saturated rings. The molecule has 0 aliphatic carbocycles.